The Labute approximate surface area is 125 Å². The molecule has 0 aliphatic rings. The summed E-state index contributed by atoms with van der Waals surface area (Å²) in [5.41, 5.74) is 0.326. The Kier molecular flexibility index (Phi) is 5.72. The molecule has 1 aromatic rings. The van der Waals surface area contributed by atoms with Crippen molar-refractivity contribution in [1.82, 2.24) is 5.01 Å². The van der Waals surface area contributed by atoms with Gasteiger partial charge >= 0.3 is 6.09 Å². The number of anilines is 1. The molecular weight excluding hydrogens is 270 g/mol. The van der Waals surface area contributed by atoms with Crippen LogP contribution < -0.4 is 11.2 Å². The summed E-state index contributed by atoms with van der Waals surface area (Å²) in [7, 11) is 0. The van der Waals surface area contributed by atoms with Gasteiger partial charge in [0.1, 0.15) is 5.60 Å². The normalized spacial score (nSPS) is 10.9. The van der Waals surface area contributed by atoms with Crippen molar-refractivity contribution in [3.8, 4) is 0 Å². The largest absolute Gasteiger partial charge is 0.444 e. The van der Waals surface area contributed by atoms with E-state index in [0.29, 0.717) is 17.8 Å². The first kappa shape index (κ1) is 17.0. The lowest BCUT2D eigenvalue weighted by Gasteiger charge is -2.20. The summed E-state index contributed by atoms with van der Waals surface area (Å²) in [6.07, 6.45) is 0.211. The lowest BCUT2D eigenvalue weighted by molar-refractivity contribution is 0.0635. The minimum atomic E-state index is -0.577. The number of carbonyl (C=O) groups excluding carboxylic acids is 2. The summed E-state index contributed by atoms with van der Waals surface area (Å²) < 4.78 is 5.16. The second kappa shape index (κ2) is 7.08. The summed E-state index contributed by atoms with van der Waals surface area (Å²) in [4.78, 5) is 23.8. The minimum absolute atomic E-state index is 0.287. The van der Waals surface area contributed by atoms with Gasteiger partial charge in [0.25, 0.3) is 5.91 Å². The van der Waals surface area contributed by atoms with E-state index in [1.54, 1.807) is 45.0 Å². The van der Waals surface area contributed by atoms with Crippen molar-refractivity contribution in [1.29, 1.82) is 0 Å². The van der Waals surface area contributed by atoms with Gasteiger partial charge in [-0.25, -0.2) is 10.6 Å². The van der Waals surface area contributed by atoms with E-state index in [1.165, 1.54) is 0 Å². The van der Waals surface area contributed by atoms with E-state index in [1.807, 2.05) is 6.92 Å². The number of nitrogens with two attached hydrogens (primary N) is 1. The molecule has 0 bridgehead atoms. The molecule has 0 aromatic heterocycles. The average Bonchev–Trinajstić information content (AvgIpc) is 2.36. The number of nitrogens with one attached hydrogen (secondary N) is 1. The zero-order chi connectivity index (χ0) is 16.0. The predicted octanol–water partition coefficient (Wildman–Crippen LogP) is 2.76. The molecule has 6 heteroatoms. The fourth-order valence-corrected chi connectivity index (χ4v) is 1.66. The number of benzene rings is 1. The Morgan fingerprint density at radius 1 is 1.33 bits per heavy atom. The van der Waals surface area contributed by atoms with Gasteiger partial charge in [0, 0.05) is 17.8 Å². The van der Waals surface area contributed by atoms with Crippen LogP contribution in [-0.2, 0) is 4.74 Å². The van der Waals surface area contributed by atoms with Gasteiger partial charge in [-0.3, -0.25) is 15.1 Å². The minimum Gasteiger partial charge on any atom is -0.444 e. The van der Waals surface area contributed by atoms with Gasteiger partial charge in [0.05, 0.1) is 0 Å². The highest BCUT2D eigenvalue weighted by Gasteiger charge is 2.17. The van der Waals surface area contributed by atoms with Crippen LogP contribution in [0, 0.1) is 0 Å². The van der Waals surface area contributed by atoms with Crippen molar-refractivity contribution < 1.29 is 14.3 Å². The number of ether oxygens (including phenoxy) is 1. The van der Waals surface area contributed by atoms with Crippen LogP contribution in [0.1, 0.15) is 44.5 Å². The molecule has 0 heterocycles. The molecule has 0 aliphatic carbocycles. The van der Waals surface area contributed by atoms with Crippen LogP contribution in [-0.4, -0.2) is 29.2 Å². The molecule has 0 aliphatic heterocycles. The van der Waals surface area contributed by atoms with Crippen LogP contribution in [0.15, 0.2) is 24.3 Å². The molecule has 0 fully saturated rings. The third-order valence-corrected chi connectivity index (χ3v) is 2.48. The first-order valence-corrected chi connectivity index (χ1v) is 6.89. The van der Waals surface area contributed by atoms with Crippen molar-refractivity contribution in [3.05, 3.63) is 29.8 Å². The molecule has 21 heavy (non-hydrogen) atoms. The van der Waals surface area contributed by atoms with Gasteiger partial charge in [-0.05, 0) is 45.4 Å². The van der Waals surface area contributed by atoms with Crippen molar-refractivity contribution in [3.63, 3.8) is 0 Å². The molecule has 0 atom stereocenters. The van der Waals surface area contributed by atoms with Gasteiger partial charge in [-0.15, -0.1) is 0 Å². The summed E-state index contributed by atoms with van der Waals surface area (Å²) in [5, 5.41) is 3.75. The third kappa shape index (κ3) is 5.83. The highest BCUT2D eigenvalue weighted by molar-refractivity contribution is 5.96. The van der Waals surface area contributed by atoms with Gasteiger partial charge < -0.3 is 4.74 Å². The number of hydrogen-bond donors (Lipinski definition) is 2. The zero-order valence-electron chi connectivity index (χ0n) is 13.0. The van der Waals surface area contributed by atoms with E-state index in [4.69, 9.17) is 10.6 Å². The Morgan fingerprint density at radius 2 is 2.00 bits per heavy atom. The lowest BCUT2D eigenvalue weighted by atomic mass is 10.2. The molecule has 1 aromatic carbocycles. The molecular formula is C15H23N3O3. The zero-order valence-corrected chi connectivity index (χ0v) is 13.0. The van der Waals surface area contributed by atoms with Crippen molar-refractivity contribution >= 4 is 17.7 Å². The van der Waals surface area contributed by atoms with Crippen LogP contribution in [0.25, 0.3) is 0 Å². The molecule has 1 rings (SSSR count). The monoisotopic (exact) mass is 293 g/mol. The highest BCUT2D eigenvalue weighted by atomic mass is 16.6. The second-order valence-electron chi connectivity index (χ2n) is 5.71. The molecule has 0 unspecified atom stereocenters. The quantitative estimate of drug-likeness (QED) is 0.508. The third-order valence-electron chi connectivity index (χ3n) is 2.48. The van der Waals surface area contributed by atoms with Gasteiger partial charge in [-0.1, -0.05) is 13.0 Å². The SMILES string of the molecule is CCCN(N)C(=O)c1cccc(NC(=O)OC(C)(C)C)c1. The van der Waals surface area contributed by atoms with E-state index in [-0.39, 0.29) is 5.91 Å². The molecule has 0 saturated heterocycles. The fraction of sp³-hybridized carbons (Fsp3) is 0.467. The summed E-state index contributed by atoms with van der Waals surface area (Å²) in [6.45, 7) is 7.76. The molecule has 0 spiro atoms. The number of hydrogen-bond acceptors (Lipinski definition) is 4. The molecule has 116 valence electrons. The summed E-state index contributed by atoms with van der Waals surface area (Å²) >= 11 is 0. The Balaban J connectivity index is 2.77. The number of hydrazine groups is 1. The highest BCUT2D eigenvalue weighted by Crippen LogP contribution is 2.14. The summed E-state index contributed by atoms with van der Waals surface area (Å²) in [5.74, 6) is 5.38. The van der Waals surface area contributed by atoms with Crippen molar-refractivity contribution in [2.75, 3.05) is 11.9 Å². The standard InChI is InChI=1S/C15H23N3O3/c1-5-9-18(16)13(19)11-7-6-8-12(10-11)17-14(20)21-15(2,3)4/h6-8,10H,5,9,16H2,1-4H3,(H,17,20). The average molecular weight is 293 g/mol. The van der Waals surface area contributed by atoms with Crippen molar-refractivity contribution in [2.24, 2.45) is 5.84 Å². The lowest BCUT2D eigenvalue weighted by Crippen LogP contribution is -2.37. The molecule has 0 radical (unpaired) electrons. The molecule has 0 saturated carbocycles. The van der Waals surface area contributed by atoms with Crippen LogP contribution in [0.4, 0.5) is 10.5 Å². The first-order chi connectivity index (χ1) is 9.73. The fourth-order valence-electron chi connectivity index (χ4n) is 1.66. The number of rotatable bonds is 4. The predicted molar refractivity (Wildman–Crippen MR) is 81.8 cm³/mol. The van der Waals surface area contributed by atoms with E-state index in [9.17, 15) is 9.59 Å². The Bertz CT molecular complexity index is 509. The van der Waals surface area contributed by atoms with E-state index in [0.717, 1.165) is 11.4 Å². The maximum Gasteiger partial charge on any atom is 0.412 e. The topological polar surface area (TPSA) is 84.7 Å². The number of amides is 2. The molecule has 3 N–H and O–H groups in total. The van der Waals surface area contributed by atoms with Crippen LogP contribution in [0.2, 0.25) is 0 Å². The van der Waals surface area contributed by atoms with E-state index in [2.05, 4.69) is 5.32 Å². The maximum absolute atomic E-state index is 12.1. The van der Waals surface area contributed by atoms with Gasteiger partial charge in [0.15, 0.2) is 0 Å². The van der Waals surface area contributed by atoms with Gasteiger partial charge in [-0.2, -0.15) is 0 Å². The molecule has 6 nitrogen and oxygen atoms in total. The number of carbonyl (C=O) groups is 2. The van der Waals surface area contributed by atoms with E-state index < -0.39 is 11.7 Å². The number of nitrogens with zero attached hydrogens (tertiary/aromatic N) is 1. The Morgan fingerprint density at radius 3 is 2.57 bits per heavy atom. The van der Waals surface area contributed by atoms with Crippen molar-refractivity contribution in [2.45, 2.75) is 39.7 Å². The summed E-state index contributed by atoms with van der Waals surface area (Å²) in [6, 6.07) is 6.58. The van der Waals surface area contributed by atoms with Crippen LogP contribution in [0.3, 0.4) is 0 Å². The van der Waals surface area contributed by atoms with Crippen LogP contribution >= 0.6 is 0 Å². The second-order valence-corrected chi connectivity index (χ2v) is 5.71. The smallest absolute Gasteiger partial charge is 0.412 e. The van der Waals surface area contributed by atoms with E-state index >= 15 is 0 Å². The first-order valence-electron chi connectivity index (χ1n) is 6.89. The van der Waals surface area contributed by atoms with Gasteiger partial charge in [0.2, 0.25) is 0 Å². The Hall–Kier alpha value is -2.08. The maximum atomic E-state index is 12.1. The molecule has 2 amide bonds. The van der Waals surface area contributed by atoms with Crippen LogP contribution in [0.5, 0.6) is 0 Å².